The molecular weight excluding hydrogens is 364 g/mol. The summed E-state index contributed by atoms with van der Waals surface area (Å²) in [4.78, 5) is -0.485. The molecular formula is C21H28O5S. The van der Waals surface area contributed by atoms with E-state index < -0.39 is 20.8 Å². The Morgan fingerprint density at radius 3 is 2.19 bits per heavy atom. The number of rotatable bonds is 11. The Bertz CT molecular complexity index is 816. The highest BCUT2D eigenvalue weighted by Crippen LogP contribution is 2.35. The molecule has 0 saturated heterocycles. The Kier molecular flexibility index (Phi) is 8.13. The van der Waals surface area contributed by atoms with Crippen molar-refractivity contribution in [2.24, 2.45) is 0 Å². The predicted molar refractivity (Wildman–Crippen MR) is 106 cm³/mol. The fraction of sp³-hybridized carbons (Fsp3) is 0.429. The van der Waals surface area contributed by atoms with Gasteiger partial charge in [-0.2, -0.15) is 8.42 Å². The molecule has 2 rings (SSSR count). The molecule has 0 bridgehead atoms. The van der Waals surface area contributed by atoms with Crippen LogP contribution in [0.5, 0.6) is 17.2 Å². The molecule has 0 amide bonds. The van der Waals surface area contributed by atoms with E-state index in [4.69, 9.17) is 4.74 Å². The summed E-state index contributed by atoms with van der Waals surface area (Å²) >= 11 is 0. The monoisotopic (exact) mass is 392 g/mol. The van der Waals surface area contributed by atoms with Crippen LogP contribution in [-0.4, -0.2) is 18.1 Å². The molecule has 0 heterocycles. The zero-order valence-electron chi connectivity index (χ0n) is 15.7. The molecule has 0 fully saturated rings. The van der Waals surface area contributed by atoms with Crippen LogP contribution >= 0.6 is 0 Å². The lowest BCUT2D eigenvalue weighted by atomic mass is 10.0. The van der Waals surface area contributed by atoms with E-state index >= 15 is 0 Å². The zero-order valence-corrected chi connectivity index (χ0v) is 16.5. The number of para-hydroxylation sites is 1. The van der Waals surface area contributed by atoms with Gasteiger partial charge in [-0.1, -0.05) is 63.6 Å². The number of hydrogen-bond donors (Lipinski definition) is 2. The standard InChI is InChI=1S/C21H28O5S/c1-2-3-4-5-6-7-9-12-17-15-21(27(23,24)25)19(22)16-20(17)26-18-13-10-8-11-14-18/h8,10-11,13-16,22H,2-7,9,12H2,1H3,(H,23,24,25). The SMILES string of the molecule is CCCCCCCCCc1cc(S(=O)(=O)O)c(O)cc1Oc1ccccc1. The van der Waals surface area contributed by atoms with Crippen LogP contribution in [-0.2, 0) is 16.5 Å². The van der Waals surface area contributed by atoms with Crippen LogP contribution in [0.2, 0.25) is 0 Å². The van der Waals surface area contributed by atoms with Crippen LogP contribution in [0.1, 0.15) is 57.4 Å². The molecule has 0 aliphatic rings. The average molecular weight is 393 g/mol. The minimum Gasteiger partial charge on any atom is -0.506 e. The van der Waals surface area contributed by atoms with E-state index in [-0.39, 0.29) is 0 Å². The summed E-state index contributed by atoms with van der Waals surface area (Å²) in [6.45, 7) is 2.19. The van der Waals surface area contributed by atoms with Crippen LogP contribution in [0.4, 0.5) is 0 Å². The summed E-state index contributed by atoms with van der Waals surface area (Å²) in [5, 5.41) is 10.0. The zero-order chi connectivity index (χ0) is 19.7. The van der Waals surface area contributed by atoms with Gasteiger partial charge in [-0.15, -0.1) is 0 Å². The normalized spacial score (nSPS) is 11.5. The van der Waals surface area contributed by atoms with E-state index in [9.17, 15) is 18.1 Å². The third-order valence-electron chi connectivity index (χ3n) is 4.44. The van der Waals surface area contributed by atoms with Gasteiger partial charge in [0.25, 0.3) is 10.1 Å². The first-order valence-corrected chi connectivity index (χ1v) is 10.9. The van der Waals surface area contributed by atoms with Crippen LogP contribution in [0.3, 0.4) is 0 Å². The van der Waals surface area contributed by atoms with Gasteiger partial charge in [-0.25, -0.2) is 0 Å². The highest BCUT2D eigenvalue weighted by molar-refractivity contribution is 7.86. The van der Waals surface area contributed by atoms with Gasteiger partial charge in [-0.3, -0.25) is 4.55 Å². The van der Waals surface area contributed by atoms with Gasteiger partial charge < -0.3 is 9.84 Å². The summed E-state index contributed by atoms with van der Waals surface area (Å²) in [6.07, 6.45) is 8.58. The molecule has 5 nitrogen and oxygen atoms in total. The van der Waals surface area contributed by atoms with Crippen LogP contribution in [0.25, 0.3) is 0 Å². The summed E-state index contributed by atoms with van der Waals surface area (Å²) in [6, 6.07) is 11.7. The number of phenolic OH excluding ortho intramolecular Hbond substituents is 1. The lowest BCUT2D eigenvalue weighted by Gasteiger charge is -2.14. The van der Waals surface area contributed by atoms with Crippen molar-refractivity contribution in [2.75, 3.05) is 0 Å². The van der Waals surface area contributed by atoms with E-state index in [2.05, 4.69) is 6.92 Å². The molecule has 27 heavy (non-hydrogen) atoms. The van der Waals surface area contributed by atoms with Crippen molar-refractivity contribution in [3.63, 3.8) is 0 Å². The summed E-state index contributed by atoms with van der Waals surface area (Å²) in [7, 11) is -4.50. The number of aromatic hydroxyl groups is 1. The van der Waals surface area contributed by atoms with Crippen molar-refractivity contribution in [3.05, 3.63) is 48.0 Å². The molecule has 0 aliphatic carbocycles. The van der Waals surface area contributed by atoms with E-state index in [1.165, 1.54) is 37.8 Å². The summed E-state index contributed by atoms with van der Waals surface area (Å²) in [5.74, 6) is 0.473. The number of unbranched alkanes of at least 4 members (excludes halogenated alkanes) is 6. The number of ether oxygens (including phenoxy) is 1. The number of hydrogen-bond acceptors (Lipinski definition) is 4. The number of aryl methyl sites for hydroxylation is 1. The molecule has 148 valence electrons. The fourth-order valence-electron chi connectivity index (χ4n) is 2.98. The van der Waals surface area contributed by atoms with Gasteiger partial charge in [0, 0.05) is 6.07 Å². The second-order valence-corrected chi connectivity index (χ2v) is 8.08. The van der Waals surface area contributed by atoms with E-state index in [1.807, 2.05) is 18.2 Å². The first-order valence-electron chi connectivity index (χ1n) is 9.48. The highest BCUT2D eigenvalue weighted by atomic mass is 32.2. The molecule has 0 spiro atoms. The van der Waals surface area contributed by atoms with Gasteiger partial charge in [-0.05, 0) is 36.6 Å². The van der Waals surface area contributed by atoms with E-state index in [1.54, 1.807) is 12.1 Å². The quantitative estimate of drug-likeness (QED) is 0.377. The molecule has 0 aliphatic heterocycles. The van der Waals surface area contributed by atoms with Crippen molar-refractivity contribution in [2.45, 2.75) is 63.2 Å². The maximum atomic E-state index is 11.5. The van der Waals surface area contributed by atoms with Crippen molar-refractivity contribution in [1.29, 1.82) is 0 Å². The molecule has 2 aromatic rings. The molecule has 0 aromatic heterocycles. The summed E-state index contributed by atoms with van der Waals surface area (Å²) < 4.78 is 38.2. The maximum absolute atomic E-state index is 11.5. The minimum absolute atomic E-state index is 0.400. The smallest absolute Gasteiger partial charge is 0.298 e. The van der Waals surface area contributed by atoms with Crippen molar-refractivity contribution in [3.8, 4) is 17.2 Å². The van der Waals surface area contributed by atoms with Crippen molar-refractivity contribution in [1.82, 2.24) is 0 Å². The first-order chi connectivity index (χ1) is 12.9. The van der Waals surface area contributed by atoms with Gasteiger partial charge in [0.15, 0.2) is 0 Å². The fourth-order valence-corrected chi connectivity index (χ4v) is 3.59. The molecule has 0 saturated carbocycles. The Balaban J connectivity index is 2.13. The van der Waals surface area contributed by atoms with Gasteiger partial charge >= 0.3 is 0 Å². The molecule has 0 radical (unpaired) electrons. The van der Waals surface area contributed by atoms with Crippen molar-refractivity contribution >= 4 is 10.1 Å². The van der Waals surface area contributed by atoms with Gasteiger partial charge in [0.2, 0.25) is 0 Å². The topological polar surface area (TPSA) is 83.8 Å². The Morgan fingerprint density at radius 1 is 0.926 bits per heavy atom. The van der Waals surface area contributed by atoms with Gasteiger partial charge in [0.05, 0.1) is 0 Å². The van der Waals surface area contributed by atoms with Crippen LogP contribution in [0, 0.1) is 0 Å². The Labute approximate surface area is 161 Å². The summed E-state index contributed by atoms with van der Waals surface area (Å²) in [5.41, 5.74) is 0.651. The minimum atomic E-state index is -4.50. The lowest BCUT2D eigenvalue weighted by Crippen LogP contribution is -2.02. The number of phenols is 1. The highest BCUT2D eigenvalue weighted by Gasteiger charge is 2.19. The largest absolute Gasteiger partial charge is 0.506 e. The first kappa shape index (κ1) is 21.3. The molecule has 0 atom stereocenters. The third-order valence-corrected chi connectivity index (χ3v) is 5.32. The van der Waals surface area contributed by atoms with E-state index in [0.29, 0.717) is 23.5 Å². The van der Waals surface area contributed by atoms with Crippen molar-refractivity contribution < 1.29 is 22.8 Å². The molecule has 2 N–H and O–H groups in total. The maximum Gasteiger partial charge on any atom is 0.298 e. The van der Waals surface area contributed by atoms with Crippen LogP contribution < -0.4 is 4.74 Å². The molecule has 6 heteroatoms. The number of benzene rings is 2. The van der Waals surface area contributed by atoms with E-state index in [0.717, 1.165) is 19.3 Å². The predicted octanol–water partition coefficient (Wildman–Crippen LogP) is 5.72. The Morgan fingerprint density at radius 2 is 1.56 bits per heavy atom. The molecule has 0 unspecified atom stereocenters. The molecule has 2 aromatic carbocycles. The second kappa shape index (κ2) is 10.3. The van der Waals surface area contributed by atoms with Crippen LogP contribution in [0.15, 0.2) is 47.4 Å². The second-order valence-electron chi connectivity index (χ2n) is 6.69. The average Bonchev–Trinajstić information content (AvgIpc) is 2.62. The third kappa shape index (κ3) is 6.88. The van der Waals surface area contributed by atoms with Gasteiger partial charge in [0.1, 0.15) is 22.1 Å². The Hall–Kier alpha value is -2.05. The lowest BCUT2D eigenvalue weighted by molar-refractivity contribution is 0.430.